The van der Waals surface area contributed by atoms with Gasteiger partial charge in [0.15, 0.2) is 0 Å². The van der Waals surface area contributed by atoms with Crippen LogP contribution in [0.3, 0.4) is 0 Å². The summed E-state index contributed by atoms with van der Waals surface area (Å²) >= 11 is 7.49. The van der Waals surface area contributed by atoms with Crippen molar-refractivity contribution < 1.29 is 0 Å². The maximum Gasteiger partial charge on any atom is 0.0149 e. The molecular formula is C2H9S3+. The fraction of sp³-hybridized carbons (Fsp3) is 1.00. The van der Waals surface area contributed by atoms with E-state index in [1.165, 1.54) is 0 Å². The summed E-state index contributed by atoms with van der Waals surface area (Å²) in [6, 6.07) is 0. The lowest BCUT2D eigenvalue weighted by atomic mass is 11.9. The van der Waals surface area contributed by atoms with Crippen LogP contribution in [0.5, 0.6) is 0 Å². The van der Waals surface area contributed by atoms with Gasteiger partial charge in [0.05, 0.1) is 0 Å². The van der Waals surface area contributed by atoms with Crippen LogP contribution in [0.1, 0.15) is 0 Å². The van der Waals surface area contributed by atoms with E-state index in [9.17, 15) is 0 Å². The summed E-state index contributed by atoms with van der Waals surface area (Å²) in [5, 5.41) is 0. The van der Waals surface area contributed by atoms with Gasteiger partial charge in [-0.1, -0.05) is 11.7 Å². The monoisotopic (exact) mass is 129 g/mol. The second-order valence-corrected chi connectivity index (χ2v) is 10.7. The first-order valence-electron chi connectivity index (χ1n) is 1.20. The minimum absolute atomic E-state index is 0.667. The van der Waals surface area contributed by atoms with Crippen LogP contribution in [0.2, 0.25) is 0 Å². The predicted molar refractivity (Wildman–Crippen MR) is 38.6 cm³/mol. The molecule has 3 heteroatoms. The molecule has 0 fully saturated rings. The zero-order chi connectivity index (χ0) is 4.50. The Hall–Kier alpha value is 1.05. The fourth-order valence-corrected chi connectivity index (χ4v) is 0. The Balaban J connectivity index is 3.02. The van der Waals surface area contributed by atoms with Crippen LogP contribution < -0.4 is 0 Å². The van der Waals surface area contributed by atoms with Gasteiger partial charge in [-0.3, -0.25) is 0 Å². The third kappa shape index (κ3) is 42.6. The van der Waals surface area contributed by atoms with Crippen molar-refractivity contribution in [2.45, 2.75) is 0 Å². The highest BCUT2D eigenvalue weighted by molar-refractivity contribution is 9.13. The third-order valence-electron chi connectivity index (χ3n) is 0. The molecule has 0 rings (SSSR count). The fourth-order valence-electron chi connectivity index (χ4n) is 0. The highest BCUT2D eigenvalue weighted by Gasteiger charge is 1.98. The molecule has 0 heterocycles. The van der Waals surface area contributed by atoms with Gasteiger partial charge in [0, 0.05) is 24.2 Å². The minimum atomic E-state index is -0.667. The molecule has 0 N–H and O–H groups in total. The van der Waals surface area contributed by atoms with E-state index in [1.54, 1.807) is 0 Å². The molecule has 0 saturated heterocycles. The van der Waals surface area contributed by atoms with Crippen LogP contribution in [0.15, 0.2) is 0 Å². The summed E-state index contributed by atoms with van der Waals surface area (Å²) in [6.07, 6.45) is 4.10. The number of thiol groups is 1. The van der Waals surface area contributed by atoms with Crippen molar-refractivity contribution in [2.24, 2.45) is 0 Å². The zero-order valence-electron chi connectivity index (χ0n) is 3.36. The van der Waals surface area contributed by atoms with Crippen LogP contribution in [0.25, 0.3) is 0 Å². The predicted octanol–water partition coefficient (Wildman–Crippen LogP) is 0.822. The average Bonchev–Trinajstić information content (AvgIpc) is 0.722. The Morgan fingerprint density at radius 2 is 1.60 bits per heavy atom. The zero-order valence-corrected chi connectivity index (χ0v) is 6.07. The quantitative estimate of drug-likeness (QED) is 0.279. The van der Waals surface area contributed by atoms with E-state index in [-0.39, 0.29) is 0 Å². The molecule has 0 aromatic heterocycles. The maximum absolute atomic E-state index is 4.12. The van der Waals surface area contributed by atoms with Crippen molar-refractivity contribution in [3.05, 3.63) is 0 Å². The van der Waals surface area contributed by atoms with Crippen LogP contribution in [-0.4, -0.2) is 12.5 Å². The summed E-state index contributed by atoms with van der Waals surface area (Å²) in [6.45, 7) is 0. The van der Waals surface area contributed by atoms with E-state index < -0.39 is 8.09 Å². The standard InChI is InChI=1S/C2H8S3/c1-5(2,3)4/h3-4H,1-2H3/p+1. The van der Waals surface area contributed by atoms with Gasteiger partial charge in [-0.25, -0.2) is 0 Å². The highest BCUT2D eigenvalue weighted by Crippen LogP contribution is 2.40. The molecule has 0 amide bonds. The van der Waals surface area contributed by atoms with E-state index in [0.717, 1.165) is 0 Å². The highest BCUT2D eigenvalue weighted by atomic mass is 33.5. The van der Waals surface area contributed by atoms with Gasteiger partial charge in [0.2, 0.25) is 0 Å². The molecule has 0 unspecified atom stereocenters. The Morgan fingerprint density at radius 1 is 1.60 bits per heavy atom. The molecule has 0 bridgehead atoms. The van der Waals surface area contributed by atoms with Crippen molar-refractivity contribution in [1.29, 1.82) is 0 Å². The Bertz CT molecular complexity index is 20.4. The SMILES string of the molecule is CS(C)(S)[SH2+]. The van der Waals surface area contributed by atoms with Crippen LogP contribution in [0.4, 0.5) is 0 Å². The second kappa shape index (κ2) is 1.67. The minimum Gasteiger partial charge on any atom is -0.0854 e. The van der Waals surface area contributed by atoms with E-state index in [4.69, 9.17) is 0 Å². The first kappa shape index (κ1) is 6.05. The third-order valence-corrected chi connectivity index (χ3v) is 0. The van der Waals surface area contributed by atoms with Crippen molar-refractivity contribution in [1.82, 2.24) is 0 Å². The lowest BCUT2D eigenvalue weighted by molar-refractivity contribution is 2.34. The Kier molecular flexibility index (Phi) is 2.02. The van der Waals surface area contributed by atoms with Gasteiger partial charge in [0.25, 0.3) is 0 Å². The number of hydrogen-bond donors (Lipinski definition) is 1. The van der Waals surface area contributed by atoms with Crippen molar-refractivity contribution >= 4 is 31.4 Å². The van der Waals surface area contributed by atoms with Crippen molar-refractivity contribution in [3.63, 3.8) is 0 Å². The molecule has 0 aromatic rings. The van der Waals surface area contributed by atoms with Crippen molar-refractivity contribution in [2.75, 3.05) is 12.5 Å². The largest absolute Gasteiger partial charge is 0.0854 e. The van der Waals surface area contributed by atoms with Gasteiger partial charge in [-0.05, 0) is 8.09 Å². The van der Waals surface area contributed by atoms with Crippen molar-refractivity contribution in [3.8, 4) is 0 Å². The van der Waals surface area contributed by atoms with E-state index in [0.29, 0.717) is 0 Å². The summed E-state index contributed by atoms with van der Waals surface area (Å²) in [7, 11) is -0.667. The Morgan fingerprint density at radius 3 is 1.60 bits per heavy atom. The molecule has 0 aromatic carbocycles. The first-order valence-corrected chi connectivity index (χ1v) is 5.93. The molecular weight excluding hydrogens is 120 g/mol. The average molecular weight is 129 g/mol. The van der Waals surface area contributed by atoms with Crippen LogP contribution >= 0.6 is 19.8 Å². The van der Waals surface area contributed by atoms with Gasteiger partial charge in [-0.2, -0.15) is 0 Å². The summed E-state index contributed by atoms with van der Waals surface area (Å²) in [4.78, 5) is 0. The van der Waals surface area contributed by atoms with Gasteiger partial charge < -0.3 is 0 Å². The van der Waals surface area contributed by atoms with Crippen LogP contribution in [-0.2, 0) is 11.7 Å². The number of rotatable bonds is 0. The topological polar surface area (TPSA) is 0 Å². The molecule has 0 spiro atoms. The van der Waals surface area contributed by atoms with E-state index in [2.05, 4.69) is 23.3 Å². The molecule has 5 heavy (non-hydrogen) atoms. The lowest BCUT2D eigenvalue weighted by Gasteiger charge is -2.02. The molecule has 0 saturated carbocycles. The normalized spacial score (nSPS) is 15.2. The van der Waals surface area contributed by atoms with E-state index in [1.807, 2.05) is 12.5 Å². The maximum atomic E-state index is 4.12. The molecule has 34 valence electrons. The second-order valence-electron chi connectivity index (χ2n) is 1.27. The molecule has 0 nitrogen and oxygen atoms in total. The van der Waals surface area contributed by atoms with Gasteiger partial charge in [-0.15, -0.1) is 0 Å². The number of hydrogen-bond acceptors (Lipinski definition) is 1. The molecule has 0 atom stereocenters. The van der Waals surface area contributed by atoms with E-state index >= 15 is 0 Å². The summed E-state index contributed by atoms with van der Waals surface area (Å²) in [5.74, 6) is 0. The summed E-state index contributed by atoms with van der Waals surface area (Å²) in [5.41, 5.74) is 0. The van der Waals surface area contributed by atoms with Gasteiger partial charge >= 0.3 is 0 Å². The lowest BCUT2D eigenvalue weighted by Crippen LogP contribution is -1.70. The van der Waals surface area contributed by atoms with Gasteiger partial charge in [0.1, 0.15) is 0 Å². The smallest absolute Gasteiger partial charge is 0.0149 e. The van der Waals surface area contributed by atoms with Crippen LogP contribution in [0, 0.1) is 0 Å². The molecule has 0 aliphatic rings. The first-order chi connectivity index (χ1) is 2.00. The Labute approximate surface area is 44.3 Å². The molecule has 0 aliphatic heterocycles. The molecule has 0 radical (unpaired) electrons. The molecule has 0 aliphatic carbocycles. The summed E-state index contributed by atoms with van der Waals surface area (Å²) < 4.78 is 0.